The Kier molecular flexibility index (Phi) is 6.72. The third kappa shape index (κ3) is 4.78. The Labute approximate surface area is 115 Å². The molecule has 1 atom stereocenters. The molecule has 0 aliphatic heterocycles. The van der Waals surface area contributed by atoms with Crippen molar-refractivity contribution in [3.63, 3.8) is 0 Å². The lowest BCUT2D eigenvalue weighted by Crippen LogP contribution is -2.39. The van der Waals surface area contributed by atoms with Crippen molar-refractivity contribution >= 4 is 6.09 Å². The van der Waals surface area contributed by atoms with Gasteiger partial charge in [0.15, 0.2) is 0 Å². The summed E-state index contributed by atoms with van der Waals surface area (Å²) in [6.07, 6.45) is 3.30. The molecule has 1 unspecified atom stereocenters. The summed E-state index contributed by atoms with van der Waals surface area (Å²) in [5.74, 6) is 0. The standard InChI is InChI=1S/C16H23NO2/c1-4-10-15(5-2)17(6-3)16(18)19-13-14-11-8-7-9-12-14/h4,7-9,11-12,15H,1,5-6,10,13H2,2-3H3. The Balaban J connectivity index is 2.56. The van der Waals surface area contributed by atoms with Gasteiger partial charge in [0.1, 0.15) is 6.61 Å². The van der Waals surface area contributed by atoms with Gasteiger partial charge in [-0.1, -0.05) is 43.3 Å². The van der Waals surface area contributed by atoms with Gasteiger partial charge in [0.25, 0.3) is 0 Å². The maximum atomic E-state index is 12.1. The zero-order valence-corrected chi connectivity index (χ0v) is 11.8. The van der Waals surface area contributed by atoms with Gasteiger partial charge in [-0.15, -0.1) is 6.58 Å². The molecule has 0 saturated heterocycles. The van der Waals surface area contributed by atoms with Gasteiger partial charge in [0, 0.05) is 12.6 Å². The first-order chi connectivity index (χ1) is 9.22. The zero-order valence-electron chi connectivity index (χ0n) is 11.8. The molecule has 1 aromatic rings. The molecule has 0 aromatic heterocycles. The van der Waals surface area contributed by atoms with Gasteiger partial charge in [0.2, 0.25) is 0 Å². The second kappa shape index (κ2) is 8.35. The van der Waals surface area contributed by atoms with E-state index in [2.05, 4.69) is 13.5 Å². The first kappa shape index (κ1) is 15.3. The number of amides is 1. The van der Waals surface area contributed by atoms with Gasteiger partial charge < -0.3 is 9.64 Å². The largest absolute Gasteiger partial charge is 0.445 e. The van der Waals surface area contributed by atoms with Crippen molar-refractivity contribution in [2.75, 3.05) is 6.54 Å². The Morgan fingerprint density at radius 2 is 2.05 bits per heavy atom. The third-order valence-electron chi connectivity index (χ3n) is 3.13. The van der Waals surface area contributed by atoms with Crippen LogP contribution in [0.5, 0.6) is 0 Å². The maximum absolute atomic E-state index is 12.1. The molecule has 0 N–H and O–H groups in total. The molecule has 0 fully saturated rings. The minimum atomic E-state index is -0.250. The SMILES string of the molecule is C=CCC(CC)N(CC)C(=O)OCc1ccccc1. The van der Waals surface area contributed by atoms with Crippen LogP contribution in [0.25, 0.3) is 0 Å². The predicted molar refractivity (Wildman–Crippen MR) is 77.9 cm³/mol. The summed E-state index contributed by atoms with van der Waals surface area (Å²) in [5.41, 5.74) is 1.00. The van der Waals surface area contributed by atoms with E-state index in [0.717, 1.165) is 18.4 Å². The molecular formula is C16H23NO2. The van der Waals surface area contributed by atoms with Gasteiger partial charge in [-0.05, 0) is 25.3 Å². The van der Waals surface area contributed by atoms with E-state index in [-0.39, 0.29) is 12.1 Å². The normalized spacial score (nSPS) is 11.7. The molecule has 19 heavy (non-hydrogen) atoms. The number of carbonyl (C=O) groups is 1. The summed E-state index contributed by atoms with van der Waals surface area (Å²) in [6.45, 7) is 8.75. The maximum Gasteiger partial charge on any atom is 0.410 e. The monoisotopic (exact) mass is 261 g/mol. The van der Waals surface area contributed by atoms with Crippen LogP contribution in [0.1, 0.15) is 32.3 Å². The number of hydrogen-bond acceptors (Lipinski definition) is 2. The van der Waals surface area contributed by atoms with E-state index < -0.39 is 0 Å². The minimum absolute atomic E-state index is 0.172. The van der Waals surface area contributed by atoms with Crippen LogP contribution < -0.4 is 0 Å². The quantitative estimate of drug-likeness (QED) is 0.694. The van der Waals surface area contributed by atoms with Crippen molar-refractivity contribution in [2.45, 2.75) is 39.3 Å². The molecular weight excluding hydrogens is 238 g/mol. The Bertz CT molecular complexity index is 389. The number of carbonyl (C=O) groups excluding carboxylic acids is 1. The van der Waals surface area contributed by atoms with Crippen molar-refractivity contribution in [1.82, 2.24) is 4.90 Å². The van der Waals surface area contributed by atoms with Crippen LogP contribution in [0.15, 0.2) is 43.0 Å². The first-order valence-electron chi connectivity index (χ1n) is 6.81. The lowest BCUT2D eigenvalue weighted by atomic mass is 10.1. The molecule has 3 heteroatoms. The summed E-state index contributed by atoms with van der Waals surface area (Å²) in [4.78, 5) is 13.9. The van der Waals surface area contributed by atoms with E-state index in [1.165, 1.54) is 0 Å². The van der Waals surface area contributed by atoms with Crippen LogP contribution in [0.4, 0.5) is 4.79 Å². The summed E-state index contributed by atoms with van der Waals surface area (Å²) in [7, 11) is 0. The molecule has 0 spiro atoms. The molecule has 0 bridgehead atoms. The topological polar surface area (TPSA) is 29.5 Å². The summed E-state index contributed by atoms with van der Waals surface area (Å²) in [5, 5.41) is 0. The van der Waals surface area contributed by atoms with Crippen molar-refractivity contribution in [3.05, 3.63) is 48.6 Å². The van der Waals surface area contributed by atoms with Gasteiger partial charge >= 0.3 is 6.09 Å². The molecule has 0 heterocycles. The van der Waals surface area contributed by atoms with Gasteiger partial charge in [0.05, 0.1) is 0 Å². The number of hydrogen-bond donors (Lipinski definition) is 0. The predicted octanol–water partition coefficient (Wildman–Crippen LogP) is 4.00. The van der Waals surface area contributed by atoms with Crippen molar-refractivity contribution < 1.29 is 9.53 Å². The molecule has 3 nitrogen and oxygen atoms in total. The van der Waals surface area contributed by atoms with Crippen LogP contribution in [0.2, 0.25) is 0 Å². The fourth-order valence-corrected chi connectivity index (χ4v) is 2.05. The first-order valence-corrected chi connectivity index (χ1v) is 6.81. The Hall–Kier alpha value is -1.77. The van der Waals surface area contributed by atoms with Gasteiger partial charge in [-0.3, -0.25) is 0 Å². The highest BCUT2D eigenvalue weighted by atomic mass is 16.6. The lowest BCUT2D eigenvalue weighted by Gasteiger charge is -2.28. The molecule has 1 amide bonds. The smallest absolute Gasteiger partial charge is 0.410 e. The van der Waals surface area contributed by atoms with Crippen LogP contribution in [-0.2, 0) is 11.3 Å². The molecule has 0 saturated carbocycles. The Morgan fingerprint density at radius 1 is 1.37 bits per heavy atom. The highest BCUT2D eigenvalue weighted by molar-refractivity contribution is 5.68. The highest BCUT2D eigenvalue weighted by Gasteiger charge is 2.20. The average Bonchev–Trinajstić information content (AvgIpc) is 2.46. The summed E-state index contributed by atoms with van der Waals surface area (Å²) in [6, 6.07) is 9.89. The lowest BCUT2D eigenvalue weighted by molar-refractivity contribution is 0.0819. The van der Waals surface area contributed by atoms with E-state index in [9.17, 15) is 4.79 Å². The van der Waals surface area contributed by atoms with Crippen LogP contribution >= 0.6 is 0 Å². The second-order valence-corrected chi connectivity index (χ2v) is 4.41. The average molecular weight is 261 g/mol. The van der Waals surface area contributed by atoms with E-state index in [0.29, 0.717) is 13.2 Å². The minimum Gasteiger partial charge on any atom is -0.445 e. The summed E-state index contributed by atoms with van der Waals surface area (Å²) >= 11 is 0. The zero-order chi connectivity index (χ0) is 14.1. The third-order valence-corrected chi connectivity index (χ3v) is 3.13. The van der Waals surface area contributed by atoms with E-state index in [1.54, 1.807) is 4.90 Å². The van der Waals surface area contributed by atoms with Crippen molar-refractivity contribution in [2.24, 2.45) is 0 Å². The van der Waals surface area contributed by atoms with E-state index in [4.69, 9.17) is 4.74 Å². The molecule has 1 aromatic carbocycles. The number of ether oxygens (including phenoxy) is 1. The number of benzene rings is 1. The molecule has 0 radical (unpaired) electrons. The van der Waals surface area contributed by atoms with Crippen LogP contribution in [-0.4, -0.2) is 23.6 Å². The van der Waals surface area contributed by atoms with Gasteiger partial charge in [-0.25, -0.2) is 4.79 Å². The van der Waals surface area contributed by atoms with Crippen LogP contribution in [0, 0.1) is 0 Å². The Morgan fingerprint density at radius 3 is 2.58 bits per heavy atom. The second-order valence-electron chi connectivity index (χ2n) is 4.41. The van der Waals surface area contributed by atoms with Gasteiger partial charge in [-0.2, -0.15) is 0 Å². The van der Waals surface area contributed by atoms with E-state index >= 15 is 0 Å². The summed E-state index contributed by atoms with van der Waals surface area (Å²) < 4.78 is 5.36. The highest BCUT2D eigenvalue weighted by Crippen LogP contribution is 2.12. The fraction of sp³-hybridized carbons (Fsp3) is 0.438. The van der Waals surface area contributed by atoms with Crippen molar-refractivity contribution in [1.29, 1.82) is 0 Å². The molecule has 104 valence electrons. The molecule has 0 aliphatic carbocycles. The van der Waals surface area contributed by atoms with E-state index in [1.807, 2.05) is 43.3 Å². The van der Waals surface area contributed by atoms with Crippen molar-refractivity contribution in [3.8, 4) is 0 Å². The number of rotatable bonds is 7. The molecule has 1 rings (SSSR count). The van der Waals surface area contributed by atoms with Crippen LogP contribution in [0.3, 0.4) is 0 Å². The number of nitrogens with zero attached hydrogens (tertiary/aromatic N) is 1. The fourth-order valence-electron chi connectivity index (χ4n) is 2.05. The molecule has 0 aliphatic rings.